The number of carbonyl (C=O) groups excluding carboxylic acids is 1. The van der Waals surface area contributed by atoms with Gasteiger partial charge in [0.25, 0.3) is 10.0 Å². The molecule has 0 saturated carbocycles. The summed E-state index contributed by atoms with van der Waals surface area (Å²) >= 11 is 3.38. The Morgan fingerprint density at radius 2 is 1.78 bits per heavy atom. The molecular formula is C16H17BrN2O3S. The predicted molar refractivity (Wildman–Crippen MR) is 95.1 cm³/mol. The van der Waals surface area contributed by atoms with Crippen LogP contribution in [0.2, 0.25) is 0 Å². The zero-order chi connectivity index (χ0) is 17.0. The van der Waals surface area contributed by atoms with E-state index >= 15 is 0 Å². The molecule has 0 unspecified atom stereocenters. The zero-order valence-electron chi connectivity index (χ0n) is 12.8. The summed E-state index contributed by atoms with van der Waals surface area (Å²) < 4.78 is 28.5. The van der Waals surface area contributed by atoms with E-state index in [1.165, 1.54) is 19.1 Å². The summed E-state index contributed by atoms with van der Waals surface area (Å²) in [6.07, 6.45) is 0.707. The Morgan fingerprint density at radius 1 is 1.13 bits per heavy atom. The van der Waals surface area contributed by atoms with Gasteiger partial charge < -0.3 is 5.32 Å². The van der Waals surface area contributed by atoms with E-state index in [0.717, 1.165) is 10.0 Å². The Kier molecular flexibility index (Phi) is 5.43. The van der Waals surface area contributed by atoms with Crippen LogP contribution in [0.25, 0.3) is 0 Å². The smallest absolute Gasteiger partial charge is 0.261 e. The molecule has 1 amide bonds. The molecule has 0 atom stereocenters. The molecule has 7 heteroatoms. The summed E-state index contributed by atoms with van der Waals surface area (Å²) in [4.78, 5) is 11.1. The summed E-state index contributed by atoms with van der Waals surface area (Å²) in [5.74, 6) is -0.207. The molecule has 0 aromatic heterocycles. The van der Waals surface area contributed by atoms with Gasteiger partial charge in [-0.2, -0.15) is 0 Å². The lowest BCUT2D eigenvalue weighted by atomic mass is 10.1. The molecule has 0 saturated heterocycles. The van der Waals surface area contributed by atoms with Crippen LogP contribution in [-0.2, 0) is 21.2 Å². The van der Waals surface area contributed by atoms with Crippen molar-refractivity contribution in [2.45, 2.75) is 25.2 Å². The van der Waals surface area contributed by atoms with Crippen molar-refractivity contribution in [3.8, 4) is 0 Å². The van der Waals surface area contributed by atoms with Gasteiger partial charge in [-0.1, -0.05) is 22.9 Å². The summed E-state index contributed by atoms with van der Waals surface area (Å²) in [7, 11) is -3.68. The summed E-state index contributed by atoms with van der Waals surface area (Å²) in [6.45, 7) is 3.35. The Labute approximate surface area is 144 Å². The van der Waals surface area contributed by atoms with Crippen LogP contribution in [0.3, 0.4) is 0 Å². The van der Waals surface area contributed by atoms with Crippen LogP contribution in [0.5, 0.6) is 0 Å². The van der Waals surface area contributed by atoms with Crippen molar-refractivity contribution in [2.75, 3.05) is 10.0 Å². The average molecular weight is 397 g/mol. The van der Waals surface area contributed by atoms with Gasteiger partial charge in [0.1, 0.15) is 0 Å². The number of aryl methyl sites for hydroxylation is 1. The minimum atomic E-state index is -3.68. The Hall–Kier alpha value is -1.86. The normalized spacial score (nSPS) is 11.1. The number of hydrogen-bond acceptors (Lipinski definition) is 3. The van der Waals surface area contributed by atoms with Crippen molar-refractivity contribution < 1.29 is 13.2 Å². The minimum Gasteiger partial charge on any atom is -0.326 e. The van der Waals surface area contributed by atoms with E-state index in [1.807, 2.05) is 13.0 Å². The number of sulfonamides is 1. The van der Waals surface area contributed by atoms with Crippen molar-refractivity contribution in [1.82, 2.24) is 0 Å². The number of rotatable bonds is 5. The third kappa shape index (κ3) is 4.56. The van der Waals surface area contributed by atoms with Gasteiger partial charge in [0.2, 0.25) is 5.91 Å². The van der Waals surface area contributed by atoms with E-state index in [9.17, 15) is 13.2 Å². The molecule has 2 aromatic rings. The Bertz CT molecular complexity index is 818. The molecule has 23 heavy (non-hydrogen) atoms. The van der Waals surface area contributed by atoms with Gasteiger partial charge in [0, 0.05) is 17.1 Å². The molecule has 0 aliphatic heterocycles. The fourth-order valence-corrected chi connectivity index (χ4v) is 3.59. The number of nitrogens with one attached hydrogen (secondary N) is 2. The van der Waals surface area contributed by atoms with Crippen molar-refractivity contribution in [3.63, 3.8) is 0 Å². The van der Waals surface area contributed by atoms with Crippen LogP contribution in [0.15, 0.2) is 51.8 Å². The molecular weight excluding hydrogens is 380 g/mol. The van der Waals surface area contributed by atoms with E-state index in [-0.39, 0.29) is 10.8 Å². The molecule has 5 nitrogen and oxygen atoms in total. The van der Waals surface area contributed by atoms with Crippen LogP contribution >= 0.6 is 15.9 Å². The first kappa shape index (κ1) is 17.5. The first-order valence-corrected chi connectivity index (χ1v) is 9.28. The van der Waals surface area contributed by atoms with Gasteiger partial charge in [-0.3, -0.25) is 9.52 Å². The highest BCUT2D eigenvalue weighted by Gasteiger charge is 2.16. The number of halogens is 1. The van der Waals surface area contributed by atoms with E-state index in [2.05, 4.69) is 26.0 Å². The first-order valence-electron chi connectivity index (χ1n) is 7.00. The number of anilines is 2. The maximum atomic E-state index is 12.5. The highest BCUT2D eigenvalue weighted by molar-refractivity contribution is 9.10. The molecule has 0 radical (unpaired) electrons. The lowest BCUT2D eigenvalue weighted by Gasteiger charge is -2.12. The highest BCUT2D eigenvalue weighted by Crippen LogP contribution is 2.24. The topological polar surface area (TPSA) is 75.3 Å². The van der Waals surface area contributed by atoms with E-state index in [0.29, 0.717) is 17.8 Å². The van der Waals surface area contributed by atoms with Gasteiger partial charge >= 0.3 is 0 Å². The van der Waals surface area contributed by atoms with E-state index in [1.54, 1.807) is 24.3 Å². The maximum absolute atomic E-state index is 12.5. The highest BCUT2D eigenvalue weighted by atomic mass is 79.9. The SMILES string of the molecule is CCc1cc(Br)ccc1NS(=O)(=O)c1ccc(NC(C)=O)cc1. The van der Waals surface area contributed by atoms with Crippen LogP contribution in [-0.4, -0.2) is 14.3 Å². The van der Waals surface area contributed by atoms with Gasteiger partial charge in [-0.05, 0) is 54.4 Å². The second kappa shape index (κ2) is 7.14. The lowest BCUT2D eigenvalue weighted by Crippen LogP contribution is -2.14. The van der Waals surface area contributed by atoms with Crippen molar-refractivity contribution in [2.24, 2.45) is 0 Å². The minimum absolute atomic E-state index is 0.136. The summed E-state index contributed by atoms with van der Waals surface area (Å²) in [6, 6.07) is 11.4. The Morgan fingerprint density at radius 3 is 2.35 bits per heavy atom. The number of hydrogen-bond donors (Lipinski definition) is 2. The predicted octanol–water partition coefficient (Wildman–Crippen LogP) is 3.77. The van der Waals surface area contributed by atoms with Crippen molar-refractivity contribution >= 4 is 43.2 Å². The molecule has 2 rings (SSSR count). The molecule has 0 aliphatic carbocycles. The van der Waals surface area contributed by atoms with Gasteiger partial charge in [-0.15, -0.1) is 0 Å². The molecule has 0 spiro atoms. The quantitative estimate of drug-likeness (QED) is 0.807. The fourth-order valence-electron chi connectivity index (χ4n) is 2.08. The molecule has 0 aliphatic rings. The number of amides is 1. The first-order chi connectivity index (χ1) is 10.8. The maximum Gasteiger partial charge on any atom is 0.261 e. The standard InChI is InChI=1S/C16H17BrN2O3S/c1-3-12-10-13(17)4-9-16(12)19-23(21,22)15-7-5-14(6-8-15)18-11(2)20/h4-10,19H,3H2,1-2H3,(H,18,20). The monoisotopic (exact) mass is 396 g/mol. The van der Waals surface area contributed by atoms with Crippen molar-refractivity contribution in [3.05, 3.63) is 52.5 Å². The average Bonchev–Trinajstić information content (AvgIpc) is 2.49. The molecule has 0 heterocycles. The molecule has 2 aromatic carbocycles. The molecule has 0 fully saturated rings. The number of benzene rings is 2. The lowest BCUT2D eigenvalue weighted by molar-refractivity contribution is -0.114. The van der Waals surface area contributed by atoms with Gasteiger partial charge in [0.05, 0.1) is 10.6 Å². The molecule has 2 N–H and O–H groups in total. The zero-order valence-corrected chi connectivity index (χ0v) is 15.2. The summed E-state index contributed by atoms with van der Waals surface area (Å²) in [5, 5.41) is 2.60. The third-order valence-corrected chi connectivity index (χ3v) is 5.05. The second-order valence-corrected chi connectivity index (χ2v) is 7.56. The van der Waals surface area contributed by atoms with Crippen LogP contribution < -0.4 is 10.0 Å². The van der Waals surface area contributed by atoms with Crippen LogP contribution in [0, 0.1) is 0 Å². The Balaban J connectivity index is 2.27. The van der Waals surface area contributed by atoms with Gasteiger partial charge in [-0.25, -0.2) is 8.42 Å². The van der Waals surface area contributed by atoms with Gasteiger partial charge in [0.15, 0.2) is 0 Å². The van der Waals surface area contributed by atoms with Crippen molar-refractivity contribution in [1.29, 1.82) is 0 Å². The van der Waals surface area contributed by atoms with E-state index < -0.39 is 10.0 Å². The van der Waals surface area contributed by atoms with Crippen LogP contribution in [0.1, 0.15) is 19.4 Å². The van der Waals surface area contributed by atoms with Crippen LogP contribution in [0.4, 0.5) is 11.4 Å². The largest absolute Gasteiger partial charge is 0.326 e. The number of carbonyl (C=O) groups is 1. The summed E-state index contributed by atoms with van der Waals surface area (Å²) in [5.41, 5.74) is 2.01. The third-order valence-electron chi connectivity index (χ3n) is 3.18. The second-order valence-electron chi connectivity index (χ2n) is 4.97. The molecule has 122 valence electrons. The molecule has 0 bridgehead atoms. The fraction of sp³-hybridized carbons (Fsp3) is 0.188. The van der Waals surface area contributed by atoms with E-state index in [4.69, 9.17) is 0 Å².